The first-order valence-electron chi connectivity index (χ1n) is 8.29. The SMILES string of the molecule is CCCCCCCCCC[N+]1(CCO)CCCC1. The van der Waals surface area contributed by atoms with E-state index >= 15 is 0 Å². The molecule has 0 saturated carbocycles. The first-order chi connectivity index (χ1) is 8.83. The van der Waals surface area contributed by atoms with Gasteiger partial charge in [-0.1, -0.05) is 45.4 Å². The Kier molecular flexibility index (Phi) is 8.70. The Morgan fingerprint density at radius 1 is 0.778 bits per heavy atom. The highest BCUT2D eigenvalue weighted by molar-refractivity contribution is 4.56. The fraction of sp³-hybridized carbons (Fsp3) is 1.00. The molecular formula is C16H34NO+. The minimum Gasteiger partial charge on any atom is -0.391 e. The van der Waals surface area contributed by atoms with E-state index in [9.17, 15) is 5.11 Å². The van der Waals surface area contributed by atoms with Crippen LogP contribution in [0.1, 0.15) is 71.1 Å². The van der Waals surface area contributed by atoms with Gasteiger partial charge in [-0.25, -0.2) is 0 Å². The van der Waals surface area contributed by atoms with Gasteiger partial charge in [-0.15, -0.1) is 0 Å². The summed E-state index contributed by atoms with van der Waals surface area (Å²) in [5, 5.41) is 9.20. The Bertz CT molecular complexity index is 188. The minimum atomic E-state index is 0.372. The van der Waals surface area contributed by atoms with Crippen LogP contribution in [0.5, 0.6) is 0 Å². The number of nitrogens with zero attached hydrogens (tertiary/aromatic N) is 1. The Labute approximate surface area is 114 Å². The fourth-order valence-corrected chi connectivity index (χ4v) is 3.36. The zero-order valence-electron chi connectivity index (χ0n) is 12.5. The molecule has 0 aromatic heterocycles. The zero-order valence-corrected chi connectivity index (χ0v) is 12.5. The summed E-state index contributed by atoms with van der Waals surface area (Å²) in [4.78, 5) is 0. The van der Waals surface area contributed by atoms with Gasteiger partial charge in [-0.05, 0) is 12.8 Å². The third-order valence-corrected chi connectivity index (χ3v) is 4.58. The van der Waals surface area contributed by atoms with Crippen LogP contribution in [-0.2, 0) is 0 Å². The zero-order chi connectivity index (χ0) is 13.1. The lowest BCUT2D eigenvalue weighted by Gasteiger charge is -2.33. The molecule has 0 atom stereocenters. The molecule has 2 nitrogen and oxygen atoms in total. The first-order valence-corrected chi connectivity index (χ1v) is 8.29. The summed E-state index contributed by atoms with van der Waals surface area (Å²) in [6, 6.07) is 0. The molecule has 0 unspecified atom stereocenters. The third-order valence-electron chi connectivity index (χ3n) is 4.58. The van der Waals surface area contributed by atoms with Crippen LogP contribution in [0.2, 0.25) is 0 Å². The number of hydrogen-bond donors (Lipinski definition) is 1. The van der Waals surface area contributed by atoms with Gasteiger partial charge < -0.3 is 9.59 Å². The van der Waals surface area contributed by atoms with Crippen molar-refractivity contribution in [1.29, 1.82) is 0 Å². The molecule has 1 N–H and O–H groups in total. The fourth-order valence-electron chi connectivity index (χ4n) is 3.36. The molecule has 0 radical (unpaired) electrons. The van der Waals surface area contributed by atoms with E-state index in [4.69, 9.17) is 0 Å². The highest BCUT2D eigenvalue weighted by Gasteiger charge is 2.30. The summed E-state index contributed by atoms with van der Waals surface area (Å²) < 4.78 is 1.21. The maximum Gasteiger partial charge on any atom is 0.102 e. The Hall–Kier alpha value is -0.0800. The van der Waals surface area contributed by atoms with Crippen molar-refractivity contribution in [3.63, 3.8) is 0 Å². The minimum absolute atomic E-state index is 0.372. The molecule has 0 aromatic rings. The van der Waals surface area contributed by atoms with E-state index in [0.717, 1.165) is 6.54 Å². The second-order valence-corrected chi connectivity index (χ2v) is 6.14. The van der Waals surface area contributed by atoms with Crippen LogP contribution in [0.4, 0.5) is 0 Å². The van der Waals surface area contributed by atoms with Crippen molar-refractivity contribution in [3.05, 3.63) is 0 Å². The van der Waals surface area contributed by atoms with Gasteiger partial charge in [0.2, 0.25) is 0 Å². The van der Waals surface area contributed by atoms with Crippen molar-refractivity contribution < 1.29 is 9.59 Å². The lowest BCUT2D eigenvalue weighted by atomic mass is 10.1. The van der Waals surface area contributed by atoms with E-state index in [-0.39, 0.29) is 0 Å². The topological polar surface area (TPSA) is 20.2 Å². The molecule has 1 fully saturated rings. The Morgan fingerprint density at radius 2 is 1.33 bits per heavy atom. The average molecular weight is 256 g/mol. The van der Waals surface area contributed by atoms with E-state index < -0.39 is 0 Å². The third kappa shape index (κ3) is 6.19. The molecule has 1 aliphatic rings. The molecule has 1 rings (SSSR count). The standard InChI is InChI=1S/C16H34NO/c1-2-3-4-5-6-7-8-9-12-17(15-16-18)13-10-11-14-17/h18H,2-16H2,1H3/q+1. The molecule has 0 spiro atoms. The molecular weight excluding hydrogens is 222 g/mol. The maximum absolute atomic E-state index is 9.20. The highest BCUT2D eigenvalue weighted by atomic mass is 16.3. The number of hydrogen-bond acceptors (Lipinski definition) is 1. The van der Waals surface area contributed by atoms with Crippen LogP contribution >= 0.6 is 0 Å². The van der Waals surface area contributed by atoms with Gasteiger partial charge in [0.25, 0.3) is 0 Å². The summed E-state index contributed by atoms with van der Waals surface area (Å²) in [7, 11) is 0. The molecule has 1 aliphatic heterocycles. The van der Waals surface area contributed by atoms with Crippen LogP contribution in [0, 0.1) is 0 Å². The van der Waals surface area contributed by atoms with Gasteiger partial charge in [0, 0.05) is 12.8 Å². The van der Waals surface area contributed by atoms with E-state index in [0.29, 0.717) is 6.61 Å². The lowest BCUT2D eigenvalue weighted by Crippen LogP contribution is -2.47. The predicted molar refractivity (Wildman–Crippen MR) is 78.7 cm³/mol. The number of rotatable bonds is 11. The number of unbranched alkanes of at least 4 members (excludes halogenated alkanes) is 7. The van der Waals surface area contributed by atoms with Gasteiger partial charge in [-0.3, -0.25) is 0 Å². The molecule has 2 heteroatoms. The van der Waals surface area contributed by atoms with Crippen LogP contribution < -0.4 is 0 Å². The van der Waals surface area contributed by atoms with Crippen LogP contribution in [-0.4, -0.2) is 42.4 Å². The predicted octanol–water partition coefficient (Wildman–Crippen LogP) is 3.73. The monoisotopic (exact) mass is 256 g/mol. The summed E-state index contributed by atoms with van der Waals surface area (Å²) in [6.45, 7) is 7.59. The smallest absolute Gasteiger partial charge is 0.102 e. The largest absolute Gasteiger partial charge is 0.391 e. The van der Waals surface area contributed by atoms with E-state index in [1.165, 1.54) is 88.3 Å². The second-order valence-electron chi connectivity index (χ2n) is 6.14. The highest BCUT2D eigenvalue weighted by Crippen LogP contribution is 2.20. The van der Waals surface area contributed by atoms with Gasteiger partial charge in [0.15, 0.2) is 0 Å². The van der Waals surface area contributed by atoms with Crippen molar-refractivity contribution in [2.75, 3.05) is 32.8 Å². The van der Waals surface area contributed by atoms with Crippen molar-refractivity contribution in [2.45, 2.75) is 71.1 Å². The summed E-state index contributed by atoms with van der Waals surface area (Å²) in [6.07, 6.45) is 14.0. The normalized spacial score (nSPS) is 18.3. The number of likely N-dealkylation sites (tertiary alicyclic amines) is 1. The first kappa shape index (κ1) is 16.0. The van der Waals surface area contributed by atoms with E-state index in [1.54, 1.807) is 0 Å². The van der Waals surface area contributed by atoms with Gasteiger partial charge in [0.05, 0.1) is 26.2 Å². The summed E-state index contributed by atoms with van der Waals surface area (Å²) in [5.74, 6) is 0. The molecule has 18 heavy (non-hydrogen) atoms. The molecule has 0 amide bonds. The number of aliphatic hydroxyl groups is 1. The number of quaternary nitrogens is 1. The molecule has 0 aliphatic carbocycles. The Balaban J connectivity index is 1.98. The van der Waals surface area contributed by atoms with Crippen LogP contribution in [0.25, 0.3) is 0 Å². The molecule has 0 aromatic carbocycles. The lowest BCUT2D eigenvalue weighted by molar-refractivity contribution is -0.917. The van der Waals surface area contributed by atoms with Crippen molar-refractivity contribution in [3.8, 4) is 0 Å². The molecule has 108 valence electrons. The van der Waals surface area contributed by atoms with Crippen molar-refractivity contribution in [1.82, 2.24) is 0 Å². The average Bonchev–Trinajstić information content (AvgIpc) is 2.82. The van der Waals surface area contributed by atoms with E-state index in [1.807, 2.05) is 0 Å². The van der Waals surface area contributed by atoms with Gasteiger partial charge in [0.1, 0.15) is 6.54 Å². The Morgan fingerprint density at radius 3 is 1.89 bits per heavy atom. The van der Waals surface area contributed by atoms with Crippen LogP contribution in [0.3, 0.4) is 0 Å². The number of aliphatic hydroxyl groups excluding tert-OH is 1. The molecule has 1 saturated heterocycles. The molecule has 0 bridgehead atoms. The summed E-state index contributed by atoms with van der Waals surface area (Å²) in [5.41, 5.74) is 0. The molecule has 1 heterocycles. The maximum atomic E-state index is 9.20. The van der Waals surface area contributed by atoms with Gasteiger partial charge in [-0.2, -0.15) is 0 Å². The van der Waals surface area contributed by atoms with Gasteiger partial charge >= 0.3 is 0 Å². The van der Waals surface area contributed by atoms with Crippen LogP contribution in [0.15, 0.2) is 0 Å². The second kappa shape index (κ2) is 9.80. The van der Waals surface area contributed by atoms with E-state index in [2.05, 4.69) is 6.92 Å². The van der Waals surface area contributed by atoms with Crippen molar-refractivity contribution in [2.24, 2.45) is 0 Å². The summed E-state index contributed by atoms with van der Waals surface area (Å²) >= 11 is 0. The quantitative estimate of drug-likeness (QED) is 0.441. The van der Waals surface area contributed by atoms with Crippen molar-refractivity contribution >= 4 is 0 Å².